The molecule has 0 aliphatic heterocycles. The molecule has 2 rings (SSSR count). The summed E-state index contributed by atoms with van der Waals surface area (Å²) in [5, 5.41) is 2.84. The topological polar surface area (TPSA) is 42.0 Å². The Kier molecular flexibility index (Phi) is 5.81. The number of nitrogens with one attached hydrogen (secondary N) is 1. The van der Waals surface area contributed by atoms with E-state index >= 15 is 0 Å². The van der Waals surface area contributed by atoms with Crippen molar-refractivity contribution in [1.29, 1.82) is 0 Å². The van der Waals surface area contributed by atoms with E-state index in [1.807, 2.05) is 44.2 Å². The van der Waals surface area contributed by atoms with E-state index in [1.165, 1.54) is 5.56 Å². The van der Waals surface area contributed by atoms with Crippen molar-refractivity contribution in [2.45, 2.75) is 31.3 Å². The predicted molar refractivity (Wildman–Crippen MR) is 89.4 cm³/mol. The molecule has 21 heavy (non-hydrogen) atoms. The van der Waals surface area contributed by atoms with E-state index in [9.17, 15) is 4.79 Å². The van der Waals surface area contributed by atoms with E-state index in [-0.39, 0.29) is 11.2 Å². The van der Waals surface area contributed by atoms with E-state index in [0.29, 0.717) is 5.82 Å². The Balaban J connectivity index is 1.92. The Morgan fingerprint density at radius 1 is 1.29 bits per heavy atom. The maximum atomic E-state index is 12.3. The van der Waals surface area contributed by atoms with Gasteiger partial charge in [-0.1, -0.05) is 37.3 Å². The quantitative estimate of drug-likeness (QED) is 0.875. The van der Waals surface area contributed by atoms with Gasteiger partial charge in [-0.05, 0) is 36.6 Å². The van der Waals surface area contributed by atoms with Crippen LogP contribution in [-0.2, 0) is 10.5 Å². The molecule has 0 aliphatic carbocycles. The number of amides is 1. The maximum Gasteiger partial charge on any atom is 0.238 e. The zero-order chi connectivity index (χ0) is 15.1. The fraction of sp³-hybridized carbons (Fsp3) is 0.294. The monoisotopic (exact) mass is 300 g/mol. The molecule has 1 atom stereocenters. The Hall–Kier alpha value is -1.81. The molecule has 0 aliphatic rings. The normalized spacial score (nSPS) is 11.9. The van der Waals surface area contributed by atoms with Gasteiger partial charge in [-0.3, -0.25) is 4.79 Å². The number of thioether (sulfide) groups is 1. The minimum atomic E-state index is -0.0625. The Morgan fingerprint density at radius 3 is 2.71 bits per heavy atom. The number of hydrogen-bond donors (Lipinski definition) is 1. The first-order valence-electron chi connectivity index (χ1n) is 7.08. The summed E-state index contributed by atoms with van der Waals surface area (Å²) < 4.78 is 0. The number of nitrogens with zero attached hydrogens (tertiary/aromatic N) is 1. The lowest BCUT2D eigenvalue weighted by Crippen LogP contribution is -2.25. The highest BCUT2D eigenvalue weighted by atomic mass is 32.2. The predicted octanol–water partition coefficient (Wildman–Crippen LogP) is 4.04. The zero-order valence-electron chi connectivity index (χ0n) is 12.4. The van der Waals surface area contributed by atoms with Crippen LogP contribution in [0.3, 0.4) is 0 Å². The number of pyridine rings is 1. The number of rotatable bonds is 6. The summed E-state index contributed by atoms with van der Waals surface area (Å²) in [5.74, 6) is 1.49. The number of aryl methyl sites for hydroxylation is 1. The van der Waals surface area contributed by atoms with Gasteiger partial charge < -0.3 is 5.32 Å². The van der Waals surface area contributed by atoms with Crippen LogP contribution in [0.4, 0.5) is 5.82 Å². The third-order valence-electron chi connectivity index (χ3n) is 3.12. The Labute approximate surface area is 130 Å². The molecule has 3 nitrogen and oxygen atoms in total. The number of carbonyl (C=O) groups excluding carboxylic acids is 1. The average Bonchev–Trinajstić information content (AvgIpc) is 2.49. The van der Waals surface area contributed by atoms with Gasteiger partial charge >= 0.3 is 0 Å². The second-order valence-corrected chi connectivity index (χ2v) is 6.09. The third kappa shape index (κ3) is 4.90. The second-order valence-electron chi connectivity index (χ2n) is 4.90. The van der Waals surface area contributed by atoms with Crippen LogP contribution in [-0.4, -0.2) is 16.1 Å². The number of hydrogen-bond acceptors (Lipinski definition) is 3. The van der Waals surface area contributed by atoms with E-state index in [1.54, 1.807) is 18.0 Å². The van der Waals surface area contributed by atoms with E-state index in [4.69, 9.17) is 0 Å². The van der Waals surface area contributed by atoms with Crippen molar-refractivity contribution in [3.63, 3.8) is 0 Å². The fourth-order valence-corrected chi connectivity index (χ4v) is 2.99. The van der Waals surface area contributed by atoms with Gasteiger partial charge in [0.1, 0.15) is 5.82 Å². The highest BCUT2D eigenvalue weighted by Gasteiger charge is 2.17. The summed E-state index contributed by atoms with van der Waals surface area (Å²) in [5.41, 5.74) is 2.33. The Morgan fingerprint density at radius 2 is 2.05 bits per heavy atom. The lowest BCUT2D eigenvalue weighted by molar-refractivity contribution is -0.115. The van der Waals surface area contributed by atoms with Crippen LogP contribution < -0.4 is 5.32 Å². The molecule has 0 radical (unpaired) electrons. The lowest BCUT2D eigenvalue weighted by atomic mass is 10.2. The summed E-state index contributed by atoms with van der Waals surface area (Å²) in [6.07, 6.45) is 2.51. The third-order valence-corrected chi connectivity index (χ3v) is 4.57. The van der Waals surface area contributed by atoms with Crippen LogP contribution in [0.5, 0.6) is 0 Å². The van der Waals surface area contributed by atoms with Gasteiger partial charge in [0.15, 0.2) is 0 Å². The molecule has 1 aromatic heterocycles. The smallest absolute Gasteiger partial charge is 0.238 e. The van der Waals surface area contributed by atoms with Crippen molar-refractivity contribution >= 4 is 23.5 Å². The SMILES string of the molecule is CCC(SCc1ccccc1)C(=O)Nc1cc(C)ccn1. The first-order chi connectivity index (χ1) is 10.2. The standard InChI is InChI=1S/C17H20N2OS/c1-3-15(21-12-14-7-5-4-6-8-14)17(20)19-16-11-13(2)9-10-18-16/h4-11,15H,3,12H2,1-2H3,(H,18,19,20). The highest BCUT2D eigenvalue weighted by molar-refractivity contribution is 7.99. The number of benzene rings is 1. The maximum absolute atomic E-state index is 12.3. The van der Waals surface area contributed by atoms with Gasteiger partial charge in [0.2, 0.25) is 5.91 Å². The molecule has 0 spiro atoms. The average molecular weight is 300 g/mol. The molecular formula is C17H20N2OS. The van der Waals surface area contributed by atoms with Crippen molar-refractivity contribution in [2.24, 2.45) is 0 Å². The fourth-order valence-electron chi connectivity index (χ4n) is 1.96. The van der Waals surface area contributed by atoms with Gasteiger partial charge in [0.05, 0.1) is 5.25 Å². The molecule has 1 unspecified atom stereocenters. The van der Waals surface area contributed by atoms with Crippen molar-refractivity contribution in [3.8, 4) is 0 Å². The number of carbonyl (C=O) groups is 1. The van der Waals surface area contributed by atoms with Gasteiger partial charge in [0.25, 0.3) is 0 Å². The van der Waals surface area contributed by atoms with E-state index in [2.05, 4.69) is 22.4 Å². The molecular weight excluding hydrogens is 280 g/mol. The summed E-state index contributed by atoms with van der Waals surface area (Å²) >= 11 is 1.67. The van der Waals surface area contributed by atoms with Crippen molar-refractivity contribution in [1.82, 2.24) is 4.98 Å². The van der Waals surface area contributed by atoms with Crippen molar-refractivity contribution < 1.29 is 4.79 Å². The second kappa shape index (κ2) is 7.84. The molecule has 1 amide bonds. The minimum Gasteiger partial charge on any atom is -0.310 e. The van der Waals surface area contributed by atoms with E-state index < -0.39 is 0 Å². The summed E-state index contributed by atoms with van der Waals surface area (Å²) in [7, 11) is 0. The summed E-state index contributed by atoms with van der Waals surface area (Å²) in [6, 6.07) is 14.0. The van der Waals surface area contributed by atoms with E-state index in [0.717, 1.165) is 17.7 Å². The minimum absolute atomic E-state index is 0.0246. The largest absolute Gasteiger partial charge is 0.310 e. The molecule has 1 aromatic carbocycles. The van der Waals surface area contributed by atoms with Gasteiger partial charge in [-0.25, -0.2) is 4.98 Å². The van der Waals surface area contributed by atoms with Gasteiger partial charge in [-0.2, -0.15) is 0 Å². The zero-order valence-corrected chi connectivity index (χ0v) is 13.2. The van der Waals surface area contributed by atoms with Gasteiger partial charge in [-0.15, -0.1) is 11.8 Å². The molecule has 0 bridgehead atoms. The number of aromatic nitrogens is 1. The highest BCUT2D eigenvalue weighted by Crippen LogP contribution is 2.21. The lowest BCUT2D eigenvalue weighted by Gasteiger charge is -2.14. The van der Waals surface area contributed by atoms with Crippen molar-refractivity contribution in [3.05, 3.63) is 59.8 Å². The molecule has 110 valence electrons. The van der Waals surface area contributed by atoms with Crippen LogP contribution in [0, 0.1) is 6.92 Å². The van der Waals surface area contributed by atoms with Crippen LogP contribution >= 0.6 is 11.8 Å². The van der Waals surface area contributed by atoms with Crippen LogP contribution in [0.1, 0.15) is 24.5 Å². The molecule has 0 saturated carbocycles. The Bertz CT molecular complexity index is 586. The van der Waals surface area contributed by atoms with Gasteiger partial charge in [0, 0.05) is 11.9 Å². The summed E-state index contributed by atoms with van der Waals surface area (Å²) in [6.45, 7) is 4.02. The first-order valence-corrected chi connectivity index (χ1v) is 8.13. The molecule has 1 heterocycles. The first kappa shape index (κ1) is 15.6. The molecule has 2 aromatic rings. The van der Waals surface area contributed by atoms with Crippen LogP contribution in [0.15, 0.2) is 48.7 Å². The van der Waals surface area contributed by atoms with Crippen molar-refractivity contribution in [2.75, 3.05) is 5.32 Å². The van der Waals surface area contributed by atoms with Crippen LogP contribution in [0.2, 0.25) is 0 Å². The molecule has 0 fully saturated rings. The molecule has 0 saturated heterocycles. The molecule has 1 N–H and O–H groups in total. The van der Waals surface area contributed by atoms with Crippen LogP contribution in [0.25, 0.3) is 0 Å². The molecule has 4 heteroatoms. The summed E-state index contributed by atoms with van der Waals surface area (Å²) in [4.78, 5) is 16.5. The number of anilines is 1.